The number of piperidine rings is 1. The Hall–Kier alpha value is -2.62. The van der Waals surface area contributed by atoms with E-state index in [9.17, 15) is 18.4 Å². The van der Waals surface area contributed by atoms with E-state index in [4.69, 9.17) is 5.11 Å². The summed E-state index contributed by atoms with van der Waals surface area (Å²) in [5, 5.41) is 13.7. The number of hydrogen-bond acceptors (Lipinski definition) is 5. The lowest BCUT2D eigenvalue weighted by Gasteiger charge is -2.31. The van der Waals surface area contributed by atoms with Gasteiger partial charge < -0.3 is 30.1 Å². The number of hydrogen-bond donors (Lipinski definition) is 3. The predicted molar refractivity (Wildman–Crippen MR) is 90.2 cm³/mol. The zero-order valence-corrected chi connectivity index (χ0v) is 14.5. The highest BCUT2D eigenvalue weighted by Crippen LogP contribution is 2.41. The van der Waals surface area contributed by atoms with Crippen molar-refractivity contribution in [1.82, 2.24) is 15.5 Å². The SMILES string of the molecule is O=C(O)NCCN1CCC(CNC(=O)c2ccc3c(c2)OC(F)(F)O3)CC1. The topological polar surface area (TPSA) is 100 Å². The minimum atomic E-state index is -3.70. The van der Waals surface area contributed by atoms with Crippen molar-refractivity contribution in [2.24, 2.45) is 5.92 Å². The van der Waals surface area contributed by atoms with Crippen LogP contribution in [-0.4, -0.2) is 61.0 Å². The lowest BCUT2D eigenvalue weighted by Crippen LogP contribution is -2.41. The van der Waals surface area contributed by atoms with Crippen molar-refractivity contribution in [1.29, 1.82) is 0 Å². The van der Waals surface area contributed by atoms with Crippen LogP contribution in [0.4, 0.5) is 13.6 Å². The minimum absolute atomic E-state index is 0.0960. The van der Waals surface area contributed by atoms with Crippen LogP contribution in [0, 0.1) is 5.92 Å². The smallest absolute Gasteiger partial charge is 0.465 e. The van der Waals surface area contributed by atoms with Crippen LogP contribution < -0.4 is 20.1 Å². The van der Waals surface area contributed by atoms with E-state index in [1.807, 2.05) is 0 Å². The fourth-order valence-corrected chi connectivity index (χ4v) is 3.16. The van der Waals surface area contributed by atoms with Gasteiger partial charge in [0, 0.05) is 25.2 Å². The number of carbonyl (C=O) groups excluding carboxylic acids is 1. The van der Waals surface area contributed by atoms with Crippen molar-refractivity contribution in [3.05, 3.63) is 23.8 Å². The zero-order valence-electron chi connectivity index (χ0n) is 14.5. The molecule has 0 saturated carbocycles. The second kappa shape index (κ2) is 7.95. The Morgan fingerprint density at radius 1 is 1.19 bits per heavy atom. The number of amides is 2. The molecule has 2 aliphatic rings. The standard InChI is InChI=1S/C17H21F2N3O5/c18-17(19)26-13-2-1-12(9-14(13)27-17)15(23)21-10-11-3-6-22(7-4-11)8-5-20-16(24)25/h1-2,9,11,20H,3-8,10H2,(H,21,23)(H,24,25). The van der Waals surface area contributed by atoms with Gasteiger partial charge in [-0.25, -0.2) is 4.79 Å². The molecular formula is C17H21F2N3O5. The van der Waals surface area contributed by atoms with Gasteiger partial charge in [-0.15, -0.1) is 8.78 Å². The molecule has 2 heterocycles. The second-order valence-corrected chi connectivity index (χ2v) is 6.56. The van der Waals surface area contributed by atoms with Crippen molar-refractivity contribution >= 4 is 12.0 Å². The number of fused-ring (bicyclic) bond motifs is 1. The summed E-state index contributed by atoms with van der Waals surface area (Å²) < 4.78 is 34.7. The molecule has 0 bridgehead atoms. The van der Waals surface area contributed by atoms with Gasteiger partial charge in [0.2, 0.25) is 0 Å². The number of benzene rings is 1. The normalized spacial score (nSPS) is 18.9. The van der Waals surface area contributed by atoms with Crippen molar-refractivity contribution in [3.8, 4) is 11.5 Å². The van der Waals surface area contributed by atoms with E-state index in [2.05, 4.69) is 25.0 Å². The summed E-state index contributed by atoms with van der Waals surface area (Å²) in [6.45, 7) is 3.21. The molecule has 2 amide bonds. The Balaban J connectivity index is 1.41. The van der Waals surface area contributed by atoms with Crippen LogP contribution in [0.1, 0.15) is 23.2 Å². The maximum atomic E-state index is 13.0. The lowest BCUT2D eigenvalue weighted by atomic mass is 9.96. The third kappa shape index (κ3) is 5.19. The maximum Gasteiger partial charge on any atom is 0.586 e. The predicted octanol–water partition coefficient (Wildman–Crippen LogP) is 1.72. The number of halogens is 2. The van der Waals surface area contributed by atoms with Gasteiger partial charge in [-0.2, -0.15) is 0 Å². The number of likely N-dealkylation sites (tertiary alicyclic amines) is 1. The molecule has 0 aliphatic carbocycles. The third-order valence-corrected chi connectivity index (χ3v) is 4.63. The quantitative estimate of drug-likeness (QED) is 0.690. The lowest BCUT2D eigenvalue weighted by molar-refractivity contribution is -0.286. The molecule has 0 radical (unpaired) electrons. The first-order valence-corrected chi connectivity index (χ1v) is 8.69. The molecule has 3 N–H and O–H groups in total. The first-order valence-electron chi connectivity index (χ1n) is 8.69. The molecule has 1 fully saturated rings. The van der Waals surface area contributed by atoms with Crippen molar-refractivity contribution < 1.29 is 33.0 Å². The first-order chi connectivity index (χ1) is 12.8. The summed E-state index contributed by atoms with van der Waals surface area (Å²) in [4.78, 5) is 24.9. The summed E-state index contributed by atoms with van der Waals surface area (Å²) in [5.74, 6) is -0.294. The Morgan fingerprint density at radius 3 is 2.59 bits per heavy atom. The number of nitrogens with zero attached hydrogens (tertiary/aromatic N) is 1. The van der Waals surface area contributed by atoms with Gasteiger partial charge in [-0.3, -0.25) is 4.79 Å². The molecule has 0 unspecified atom stereocenters. The minimum Gasteiger partial charge on any atom is -0.465 e. The molecular weight excluding hydrogens is 364 g/mol. The Labute approximate surface area is 154 Å². The van der Waals surface area contributed by atoms with Gasteiger partial charge in [0.05, 0.1) is 0 Å². The average molecular weight is 385 g/mol. The molecule has 1 saturated heterocycles. The summed E-state index contributed by atoms with van der Waals surface area (Å²) in [7, 11) is 0. The molecule has 1 aromatic rings. The van der Waals surface area contributed by atoms with Crippen LogP contribution in [0.25, 0.3) is 0 Å². The van der Waals surface area contributed by atoms with Crippen molar-refractivity contribution in [2.75, 3.05) is 32.7 Å². The molecule has 1 aromatic carbocycles. The van der Waals surface area contributed by atoms with Crippen molar-refractivity contribution in [2.45, 2.75) is 19.1 Å². The van der Waals surface area contributed by atoms with E-state index < -0.39 is 12.4 Å². The fraction of sp³-hybridized carbons (Fsp3) is 0.529. The Bertz CT molecular complexity index is 708. The van der Waals surface area contributed by atoms with Crippen LogP contribution in [0.2, 0.25) is 0 Å². The highest BCUT2D eigenvalue weighted by Gasteiger charge is 2.43. The van der Waals surface area contributed by atoms with Crippen molar-refractivity contribution in [3.63, 3.8) is 0 Å². The average Bonchev–Trinajstić information content (AvgIpc) is 2.93. The van der Waals surface area contributed by atoms with Gasteiger partial charge >= 0.3 is 12.4 Å². The number of nitrogens with one attached hydrogen (secondary N) is 2. The fourth-order valence-electron chi connectivity index (χ4n) is 3.16. The summed E-state index contributed by atoms with van der Waals surface area (Å²) in [6, 6.07) is 3.94. The summed E-state index contributed by atoms with van der Waals surface area (Å²) in [6.07, 6.45) is -2.95. The van der Waals surface area contributed by atoms with Crippen LogP contribution in [-0.2, 0) is 0 Å². The number of carboxylic acid groups (broad SMARTS) is 1. The highest BCUT2D eigenvalue weighted by atomic mass is 19.3. The zero-order chi connectivity index (χ0) is 19.4. The van der Waals surface area contributed by atoms with Crippen LogP contribution in [0.5, 0.6) is 11.5 Å². The van der Waals surface area contributed by atoms with E-state index in [0.717, 1.165) is 25.9 Å². The Kier molecular flexibility index (Phi) is 5.64. The van der Waals surface area contributed by atoms with E-state index >= 15 is 0 Å². The Morgan fingerprint density at radius 2 is 1.89 bits per heavy atom. The van der Waals surface area contributed by atoms with Crippen LogP contribution in [0.3, 0.4) is 0 Å². The first kappa shape index (κ1) is 19.2. The second-order valence-electron chi connectivity index (χ2n) is 6.56. The number of rotatable bonds is 6. The molecule has 0 aromatic heterocycles. The largest absolute Gasteiger partial charge is 0.586 e. The molecule has 8 nitrogen and oxygen atoms in total. The van der Waals surface area contributed by atoms with E-state index in [1.165, 1.54) is 18.2 Å². The summed E-state index contributed by atoms with van der Waals surface area (Å²) >= 11 is 0. The van der Waals surface area contributed by atoms with E-state index in [-0.39, 0.29) is 23.0 Å². The number of alkyl halides is 2. The third-order valence-electron chi connectivity index (χ3n) is 4.63. The molecule has 10 heteroatoms. The van der Waals surface area contributed by atoms with Gasteiger partial charge in [0.1, 0.15) is 0 Å². The number of carbonyl (C=O) groups is 2. The monoisotopic (exact) mass is 385 g/mol. The summed E-state index contributed by atoms with van der Waals surface area (Å²) in [5.41, 5.74) is 0.229. The van der Waals surface area contributed by atoms with Gasteiger partial charge in [0.15, 0.2) is 11.5 Å². The highest BCUT2D eigenvalue weighted by molar-refractivity contribution is 5.94. The molecule has 148 valence electrons. The molecule has 0 spiro atoms. The molecule has 3 rings (SSSR count). The van der Waals surface area contributed by atoms with Gasteiger partial charge in [-0.1, -0.05) is 0 Å². The van der Waals surface area contributed by atoms with Crippen LogP contribution in [0.15, 0.2) is 18.2 Å². The number of ether oxygens (including phenoxy) is 2. The van der Waals surface area contributed by atoms with Gasteiger partial charge in [0.25, 0.3) is 5.91 Å². The van der Waals surface area contributed by atoms with Crippen LogP contribution >= 0.6 is 0 Å². The molecule has 27 heavy (non-hydrogen) atoms. The maximum absolute atomic E-state index is 13.0. The van der Waals surface area contributed by atoms with E-state index in [1.54, 1.807) is 0 Å². The van der Waals surface area contributed by atoms with Gasteiger partial charge in [-0.05, 0) is 50.0 Å². The van der Waals surface area contributed by atoms with E-state index in [0.29, 0.717) is 25.6 Å². The molecule has 0 atom stereocenters. The molecule has 2 aliphatic heterocycles.